The highest BCUT2D eigenvalue weighted by atomic mass is 16.3. The quantitative estimate of drug-likeness (QED) is 0.435. The van der Waals surface area contributed by atoms with E-state index >= 15 is 0 Å². The van der Waals surface area contributed by atoms with E-state index in [1.165, 1.54) is 0 Å². The van der Waals surface area contributed by atoms with Crippen LogP contribution in [0.2, 0.25) is 0 Å². The zero-order valence-corrected chi connectivity index (χ0v) is 8.19. The molecular weight excluding hydrogens is 154 g/mol. The maximum Gasteiger partial charge on any atom is 0.0844 e. The molecule has 0 fully saturated rings. The second kappa shape index (κ2) is 7.06. The first-order chi connectivity index (χ1) is 5.70. The second-order valence-corrected chi connectivity index (χ2v) is 2.88. The predicted octanol–water partition coefficient (Wildman–Crippen LogP) is -0.500. The molecule has 0 saturated carbocycles. The third kappa shape index (κ3) is 6.12. The van der Waals surface area contributed by atoms with Crippen molar-refractivity contribution in [3.63, 3.8) is 0 Å². The fraction of sp³-hybridized carbons (Fsp3) is 0.875. The molecule has 72 valence electrons. The summed E-state index contributed by atoms with van der Waals surface area (Å²) < 4.78 is 0. The highest BCUT2D eigenvalue weighted by Gasteiger charge is 1.97. The summed E-state index contributed by atoms with van der Waals surface area (Å²) in [4.78, 5) is 8.00. The molecule has 4 nitrogen and oxygen atoms in total. The summed E-state index contributed by atoms with van der Waals surface area (Å²) in [5.74, 6) is 0. The Morgan fingerprint density at radius 1 is 1.25 bits per heavy atom. The highest BCUT2D eigenvalue weighted by molar-refractivity contribution is 5.53. The standard InChI is InChI=1S/C8H19N3O/c1-9-8-11(3)5-4-10(2)6-7-12/h8,12H,4-7H2,1-3H3. The molecule has 0 spiro atoms. The molecule has 0 aromatic rings. The Hall–Kier alpha value is -0.610. The van der Waals surface area contributed by atoms with Crippen LogP contribution < -0.4 is 0 Å². The van der Waals surface area contributed by atoms with Gasteiger partial charge in [0.05, 0.1) is 12.9 Å². The molecule has 0 aromatic carbocycles. The van der Waals surface area contributed by atoms with Crippen molar-refractivity contribution in [1.29, 1.82) is 0 Å². The normalized spacial score (nSPS) is 11.4. The van der Waals surface area contributed by atoms with Crippen molar-refractivity contribution in [3.05, 3.63) is 0 Å². The number of nitrogens with zero attached hydrogens (tertiary/aromatic N) is 3. The summed E-state index contributed by atoms with van der Waals surface area (Å²) in [7, 11) is 5.74. The zero-order chi connectivity index (χ0) is 9.40. The summed E-state index contributed by atoms with van der Waals surface area (Å²) in [6, 6.07) is 0. The highest BCUT2D eigenvalue weighted by Crippen LogP contribution is 1.83. The number of hydrogen-bond acceptors (Lipinski definition) is 3. The molecule has 0 heterocycles. The number of hydrogen-bond donors (Lipinski definition) is 1. The van der Waals surface area contributed by atoms with Gasteiger partial charge in [0.1, 0.15) is 0 Å². The Balaban J connectivity index is 3.39. The summed E-state index contributed by atoms with van der Waals surface area (Å²) in [5.41, 5.74) is 0. The number of rotatable bonds is 6. The van der Waals surface area contributed by atoms with Gasteiger partial charge >= 0.3 is 0 Å². The van der Waals surface area contributed by atoms with Crippen LogP contribution in [0.1, 0.15) is 0 Å². The lowest BCUT2D eigenvalue weighted by atomic mass is 10.5. The molecule has 0 aliphatic heterocycles. The van der Waals surface area contributed by atoms with E-state index in [0.717, 1.165) is 19.6 Å². The maximum atomic E-state index is 8.62. The van der Waals surface area contributed by atoms with Crippen molar-refractivity contribution >= 4 is 6.34 Å². The van der Waals surface area contributed by atoms with Gasteiger partial charge in [0.25, 0.3) is 0 Å². The van der Waals surface area contributed by atoms with E-state index in [1.54, 1.807) is 13.4 Å². The Bertz CT molecular complexity index is 127. The Morgan fingerprint density at radius 3 is 2.42 bits per heavy atom. The minimum Gasteiger partial charge on any atom is -0.395 e. The van der Waals surface area contributed by atoms with Crippen molar-refractivity contribution in [1.82, 2.24) is 9.80 Å². The van der Waals surface area contributed by atoms with Crippen LogP contribution in [0.4, 0.5) is 0 Å². The average Bonchev–Trinajstić information content (AvgIpc) is 2.02. The van der Waals surface area contributed by atoms with Gasteiger partial charge in [-0.25, -0.2) is 0 Å². The van der Waals surface area contributed by atoms with Crippen LogP contribution >= 0.6 is 0 Å². The van der Waals surface area contributed by atoms with E-state index < -0.39 is 0 Å². The smallest absolute Gasteiger partial charge is 0.0844 e. The molecule has 0 saturated heterocycles. The first-order valence-electron chi connectivity index (χ1n) is 4.12. The topological polar surface area (TPSA) is 39.1 Å². The molecule has 0 bridgehead atoms. The van der Waals surface area contributed by atoms with Crippen LogP contribution in [-0.4, -0.2) is 68.6 Å². The molecule has 0 radical (unpaired) electrons. The number of likely N-dealkylation sites (N-methyl/N-ethyl adjacent to an activating group) is 2. The van der Waals surface area contributed by atoms with Gasteiger partial charge in [0.2, 0.25) is 0 Å². The number of aliphatic hydroxyl groups is 1. The van der Waals surface area contributed by atoms with E-state index in [9.17, 15) is 0 Å². The molecule has 0 aliphatic rings. The van der Waals surface area contributed by atoms with Crippen LogP contribution in [0.25, 0.3) is 0 Å². The number of aliphatic imine (C=N–C) groups is 1. The fourth-order valence-electron chi connectivity index (χ4n) is 0.866. The van der Waals surface area contributed by atoms with Gasteiger partial charge in [0.15, 0.2) is 0 Å². The molecule has 1 N–H and O–H groups in total. The third-order valence-corrected chi connectivity index (χ3v) is 1.63. The molecule has 0 aromatic heterocycles. The lowest BCUT2D eigenvalue weighted by Gasteiger charge is -2.19. The second-order valence-electron chi connectivity index (χ2n) is 2.88. The van der Waals surface area contributed by atoms with Crippen LogP contribution in [0.3, 0.4) is 0 Å². The van der Waals surface area contributed by atoms with Crippen LogP contribution in [-0.2, 0) is 0 Å². The van der Waals surface area contributed by atoms with E-state index in [4.69, 9.17) is 5.11 Å². The van der Waals surface area contributed by atoms with Crippen LogP contribution in [0.5, 0.6) is 0 Å². The van der Waals surface area contributed by atoms with Gasteiger partial charge < -0.3 is 14.9 Å². The maximum absolute atomic E-state index is 8.62. The fourth-order valence-corrected chi connectivity index (χ4v) is 0.866. The van der Waals surface area contributed by atoms with Gasteiger partial charge in [-0.15, -0.1) is 0 Å². The molecule has 0 unspecified atom stereocenters. The minimum absolute atomic E-state index is 0.224. The van der Waals surface area contributed by atoms with Gasteiger partial charge in [-0.2, -0.15) is 0 Å². The van der Waals surface area contributed by atoms with Crippen molar-refractivity contribution in [2.45, 2.75) is 0 Å². The van der Waals surface area contributed by atoms with Crippen LogP contribution in [0, 0.1) is 0 Å². The van der Waals surface area contributed by atoms with Gasteiger partial charge in [-0.3, -0.25) is 4.99 Å². The van der Waals surface area contributed by atoms with Crippen molar-refractivity contribution in [3.8, 4) is 0 Å². The largest absolute Gasteiger partial charge is 0.395 e. The third-order valence-electron chi connectivity index (χ3n) is 1.63. The van der Waals surface area contributed by atoms with E-state index in [0.29, 0.717) is 0 Å². The number of aliphatic hydroxyl groups excluding tert-OH is 1. The average molecular weight is 173 g/mol. The Labute approximate surface area is 74.5 Å². The SMILES string of the molecule is CN=CN(C)CCN(C)CCO. The summed E-state index contributed by atoms with van der Waals surface area (Å²) >= 11 is 0. The van der Waals surface area contributed by atoms with E-state index in [2.05, 4.69) is 9.89 Å². The molecule has 0 aliphatic carbocycles. The lowest BCUT2D eigenvalue weighted by Crippen LogP contribution is -2.31. The van der Waals surface area contributed by atoms with Crippen molar-refractivity contribution in [2.75, 3.05) is 47.4 Å². The zero-order valence-electron chi connectivity index (χ0n) is 8.19. The van der Waals surface area contributed by atoms with Crippen molar-refractivity contribution in [2.24, 2.45) is 4.99 Å². The van der Waals surface area contributed by atoms with Gasteiger partial charge in [0, 0.05) is 33.7 Å². The lowest BCUT2D eigenvalue weighted by molar-refractivity contribution is 0.215. The van der Waals surface area contributed by atoms with Gasteiger partial charge in [-0.1, -0.05) is 0 Å². The first-order valence-corrected chi connectivity index (χ1v) is 4.12. The molecule has 0 rings (SSSR count). The van der Waals surface area contributed by atoms with E-state index in [-0.39, 0.29) is 6.61 Å². The summed E-state index contributed by atoms with van der Waals surface area (Å²) in [5, 5.41) is 8.62. The molecular formula is C8H19N3O. The van der Waals surface area contributed by atoms with E-state index in [1.807, 2.05) is 19.0 Å². The van der Waals surface area contributed by atoms with Crippen molar-refractivity contribution < 1.29 is 5.11 Å². The monoisotopic (exact) mass is 173 g/mol. The Kier molecular flexibility index (Phi) is 6.70. The van der Waals surface area contributed by atoms with Gasteiger partial charge in [-0.05, 0) is 7.05 Å². The minimum atomic E-state index is 0.224. The molecule has 0 amide bonds. The summed E-state index contributed by atoms with van der Waals surface area (Å²) in [6.45, 7) is 2.84. The Morgan fingerprint density at radius 2 is 1.92 bits per heavy atom. The molecule has 4 heteroatoms. The summed E-state index contributed by atoms with van der Waals surface area (Å²) in [6.07, 6.45) is 1.80. The predicted molar refractivity (Wildman–Crippen MR) is 51.6 cm³/mol. The first kappa shape index (κ1) is 11.4. The van der Waals surface area contributed by atoms with Crippen LogP contribution in [0.15, 0.2) is 4.99 Å². The molecule has 0 atom stereocenters. The molecule has 12 heavy (non-hydrogen) atoms.